The van der Waals surface area contributed by atoms with Gasteiger partial charge in [0.1, 0.15) is 6.10 Å². The van der Waals surface area contributed by atoms with Crippen molar-refractivity contribution in [1.82, 2.24) is 4.98 Å². The summed E-state index contributed by atoms with van der Waals surface area (Å²) >= 11 is 0. The van der Waals surface area contributed by atoms with Gasteiger partial charge in [-0.25, -0.2) is 0 Å². The number of hydrogen-bond donors (Lipinski definition) is 1. The number of aliphatic hydroxyl groups excluding tert-OH is 1. The van der Waals surface area contributed by atoms with Gasteiger partial charge in [-0.2, -0.15) is 0 Å². The molecule has 2 heteroatoms. The molecule has 1 unspecified atom stereocenters. The van der Waals surface area contributed by atoms with E-state index in [2.05, 4.69) is 16.8 Å². The van der Waals surface area contributed by atoms with Crippen molar-refractivity contribution < 1.29 is 5.11 Å². The van der Waals surface area contributed by atoms with Crippen LogP contribution in [0.3, 0.4) is 0 Å². The smallest absolute Gasteiger partial charge is 0.140 e. The Kier molecular flexibility index (Phi) is 3.32. The molecule has 2 nitrogen and oxygen atoms in total. The van der Waals surface area contributed by atoms with Crippen molar-refractivity contribution in [1.29, 1.82) is 0 Å². The third-order valence-corrected chi connectivity index (χ3v) is 2.15. The van der Waals surface area contributed by atoms with Crippen molar-refractivity contribution in [2.24, 2.45) is 0 Å². The zero-order chi connectivity index (χ0) is 11.2. The summed E-state index contributed by atoms with van der Waals surface area (Å²) in [4.78, 5) is 3.89. The highest BCUT2D eigenvalue weighted by Crippen LogP contribution is 2.09. The molecule has 0 amide bonds. The van der Waals surface area contributed by atoms with Gasteiger partial charge in [0.05, 0.1) is 0 Å². The molecule has 16 heavy (non-hydrogen) atoms. The molecule has 0 bridgehead atoms. The van der Waals surface area contributed by atoms with Gasteiger partial charge in [0, 0.05) is 18.0 Å². The maximum absolute atomic E-state index is 9.78. The molecule has 2 rings (SSSR count). The van der Waals surface area contributed by atoms with Crippen LogP contribution in [0, 0.1) is 11.8 Å². The van der Waals surface area contributed by atoms with E-state index in [-0.39, 0.29) is 0 Å². The van der Waals surface area contributed by atoms with Gasteiger partial charge in [-0.1, -0.05) is 30.0 Å². The minimum absolute atomic E-state index is 0.761. The molecule has 1 N–H and O–H groups in total. The molecular weight excluding hydrogens is 198 g/mol. The summed E-state index contributed by atoms with van der Waals surface area (Å²) in [7, 11) is 0. The second-order valence-corrected chi connectivity index (χ2v) is 3.32. The normalized spacial score (nSPS) is 11.3. The summed E-state index contributed by atoms with van der Waals surface area (Å²) in [5.41, 5.74) is 1.66. The van der Waals surface area contributed by atoms with Crippen LogP contribution in [-0.2, 0) is 0 Å². The lowest BCUT2D eigenvalue weighted by Gasteiger charge is -2.01. The van der Waals surface area contributed by atoms with E-state index in [9.17, 15) is 5.11 Å². The van der Waals surface area contributed by atoms with Crippen LogP contribution in [0.4, 0.5) is 0 Å². The number of hydrogen-bond acceptors (Lipinski definition) is 2. The zero-order valence-electron chi connectivity index (χ0n) is 8.67. The predicted octanol–water partition coefficient (Wildman–Crippen LogP) is 2.17. The molecular formula is C14H11NO. The third kappa shape index (κ3) is 2.69. The van der Waals surface area contributed by atoms with Crippen LogP contribution >= 0.6 is 0 Å². The minimum atomic E-state index is -0.761. The molecule has 0 saturated carbocycles. The van der Waals surface area contributed by atoms with E-state index >= 15 is 0 Å². The SMILES string of the molecule is OC(C#Cc1ccccc1)c1ccncc1. The van der Waals surface area contributed by atoms with E-state index in [1.807, 2.05) is 30.3 Å². The van der Waals surface area contributed by atoms with E-state index in [0.717, 1.165) is 11.1 Å². The fraction of sp³-hybridized carbons (Fsp3) is 0.0714. The maximum Gasteiger partial charge on any atom is 0.140 e. The quantitative estimate of drug-likeness (QED) is 0.730. The average Bonchev–Trinajstić information content (AvgIpc) is 2.38. The van der Waals surface area contributed by atoms with Gasteiger partial charge in [-0.3, -0.25) is 4.98 Å². The van der Waals surface area contributed by atoms with Crippen LogP contribution in [0.2, 0.25) is 0 Å². The molecule has 1 atom stereocenters. The summed E-state index contributed by atoms with van der Waals surface area (Å²) in [6.45, 7) is 0. The zero-order valence-corrected chi connectivity index (χ0v) is 8.67. The molecule has 1 heterocycles. The molecule has 0 fully saturated rings. The Balaban J connectivity index is 2.15. The summed E-state index contributed by atoms with van der Waals surface area (Å²) < 4.78 is 0. The van der Waals surface area contributed by atoms with Crippen LogP contribution in [0.15, 0.2) is 54.9 Å². The number of benzene rings is 1. The molecule has 78 valence electrons. The second-order valence-electron chi connectivity index (χ2n) is 3.32. The lowest BCUT2D eigenvalue weighted by atomic mass is 10.1. The molecule has 0 aliphatic rings. The summed E-state index contributed by atoms with van der Waals surface area (Å²) in [6.07, 6.45) is 2.52. The average molecular weight is 209 g/mol. The first-order valence-corrected chi connectivity index (χ1v) is 5.01. The van der Waals surface area contributed by atoms with Crippen molar-refractivity contribution >= 4 is 0 Å². The Labute approximate surface area is 94.6 Å². The molecule has 2 aromatic rings. The van der Waals surface area contributed by atoms with Crippen LogP contribution in [-0.4, -0.2) is 10.1 Å². The number of nitrogens with zero attached hydrogens (tertiary/aromatic N) is 1. The fourth-order valence-electron chi connectivity index (χ4n) is 1.30. The van der Waals surface area contributed by atoms with Crippen molar-refractivity contribution in [2.75, 3.05) is 0 Å². The highest BCUT2D eigenvalue weighted by Gasteiger charge is 2.01. The van der Waals surface area contributed by atoms with Gasteiger partial charge >= 0.3 is 0 Å². The van der Waals surface area contributed by atoms with Crippen molar-refractivity contribution in [2.45, 2.75) is 6.10 Å². The standard InChI is InChI=1S/C14H11NO/c16-14(13-8-10-15-11-9-13)7-6-12-4-2-1-3-5-12/h1-5,8-11,14,16H. The molecule has 1 aromatic heterocycles. The number of aromatic nitrogens is 1. The Morgan fingerprint density at radius 2 is 1.69 bits per heavy atom. The van der Waals surface area contributed by atoms with E-state index in [1.54, 1.807) is 24.5 Å². The van der Waals surface area contributed by atoms with E-state index in [0.29, 0.717) is 0 Å². The summed E-state index contributed by atoms with van der Waals surface area (Å²) in [5.74, 6) is 5.72. The predicted molar refractivity (Wildman–Crippen MR) is 62.5 cm³/mol. The van der Waals surface area contributed by atoms with Crippen molar-refractivity contribution in [3.63, 3.8) is 0 Å². The lowest BCUT2D eigenvalue weighted by molar-refractivity contribution is 0.238. The molecule has 0 saturated heterocycles. The number of pyridine rings is 1. The Hall–Kier alpha value is -2.11. The van der Waals surface area contributed by atoms with Crippen molar-refractivity contribution in [3.8, 4) is 11.8 Å². The van der Waals surface area contributed by atoms with Crippen LogP contribution in [0.5, 0.6) is 0 Å². The second kappa shape index (κ2) is 5.11. The summed E-state index contributed by atoms with van der Waals surface area (Å²) in [5, 5.41) is 9.78. The van der Waals surface area contributed by atoms with Gasteiger partial charge in [-0.05, 0) is 29.8 Å². The first kappa shape index (κ1) is 10.4. The number of rotatable bonds is 1. The van der Waals surface area contributed by atoms with Crippen molar-refractivity contribution in [3.05, 3.63) is 66.0 Å². The largest absolute Gasteiger partial charge is 0.376 e. The van der Waals surface area contributed by atoms with E-state index in [1.165, 1.54) is 0 Å². The Morgan fingerprint density at radius 3 is 2.38 bits per heavy atom. The van der Waals surface area contributed by atoms with Gasteiger partial charge in [0.15, 0.2) is 0 Å². The Bertz CT molecular complexity index is 497. The molecule has 1 aromatic carbocycles. The van der Waals surface area contributed by atoms with Gasteiger partial charge in [-0.15, -0.1) is 0 Å². The first-order chi connectivity index (χ1) is 7.86. The van der Waals surface area contributed by atoms with Gasteiger partial charge < -0.3 is 5.11 Å². The molecule has 0 spiro atoms. The lowest BCUT2D eigenvalue weighted by Crippen LogP contribution is -1.93. The molecule has 0 aliphatic carbocycles. The third-order valence-electron chi connectivity index (χ3n) is 2.15. The van der Waals surface area contributed by atoms with Gasteiger partial charge in [0.25, 0.3) is 0 Å². The topological polar surface area (TPSA) is 33.1 Å². The number of aliphatic hydroxyl groups is 1. The van der Waals surface area contributed by atoms with E-state index < -0.39 is 6.10 Å². The Morgan fingerprint density at radius 1 is 1.00 bits per heavy atom. The first-order valence-electron chi connectivity index (χ1n) is 5.01. The highest BCUT2D eigenvalue weighted by atomic mass is 16.3. The van der Waals surface area contributed by atoms with Crippen LogP contribution < -0.4 is 0 Å². The van der Waals surface area contributed by atoms with E-state index in [4.69, 9.17) is 0 Å². The highest BCUT2D eigenvalue weighted by molar-refractivity contribution is 5.36. The maximum atomic E-state index is 9.78. The monoisotopic (exact) mass is 209 g/mol. The fourth-order valence-corrected chi connectivity index (χ4v) is 1.30. The molecule has 0 aliphatic heterocycles. The summed E-state index contributed by atoms with van der Waals surface area (Å²) in [6, 6.07) is 13.1. The molecule has 0 radical (unpaired) electrons. The minimum Gasteiger partial charge on any atom is -0.376 e. The van der Waals surface area contributed by atoms with Crippen LogP contribution in [0.1, 0.15) is 17.2 Å². The van der Waals surface area contributed by atoms with Crippen LogP contribution in [0.25, 0.3) is 0 Å². The van der Waals surface area contributed by atoms with Gasteiger partial charge in [0.2, 0.25) is 0 Å².